The van der Waals surface area contributed by atoms with Crippen LogP contribution in [0, 0.1) is 5.92 Å². The highest BCUT2D eigenvalue weighted by Gasteiger charge is 2.24. The third-order valence-corrected chi connectivity index (χ3v) is 4.03. The Bertz CT molecular complexity index is 401. The predicted molar refractivity (Wildman–Crippen MR) is 80.2 cm³/mol. The van der Waals surface area contributed by atoms with E-state index in [9.17, 15) is 0 Å². The molecule has 0 aliphatic heterocycles. The molecular weight excluding hydrogens is 234 g/mol. The lowest BCUT2D eigenvalue weighted by molar-refractivity contribution is 0.240. The average Bonchev–Trinajstić information content (AvgIpc) is 2.77. The quantitative estimate of drug-likeness (QED) is 0.853. The van der Waals surface area contributed by atoms with Crippen molar-refractivity contribution in [2.24, 2.45) is 5.92 Å². The number of aryl methyl sites for hydroxylation is 1. The Kier molecular flexibility index (Phi) is 4.94. The second-order valence-electron chi connectivity index (χ2n) is 6.29. The van der Waals surface area contributed by atoms with Gasteiger partial charge in [0, 0.05) is 18.8 Å². The first-order chi connectivity index (χ1) is 9.08. The maximum Gasteiger partial charge on any atom is 0.0605 e. The summed E-state index contributed by atoms with van der Waals surface area (Å²) >= 11 is 0. The average molecular weight is 261 g/mol. The molecule has 1 aliphatic carbocycles. The van der Waals surface area contributed by atoms with Crippen molar-refractivity contribution in [2.45, 2.75) is 45.2 Å². The van der Waals surface area contributed by atoms with Crippen molar-refractivity contribution in [3.05, 3.63) is 29.6 Å². The van der Waals surface area contributed by atoms with Crippen molar-refractivity contribution in [2.75, 3.05) is 20.6 Å². The van der Waals surface area contributed by atoms with E-state index in [2.05, 4.69) is 49.2 Å². The van der Waals surface area contributed by atoms with Gasteiger partial charge < -0.3 is 10.2 Å². The van der Waals surface area contributed by atoms with E-state index in [1.807, 2.05) is 12.3 Å². The first-order valence-electron chi connectivity index (χ1n) is 7.41. The Hall–Kier alpha value is -0.930. The van der Waals surface area contributed by atoms with E-state index >= 15 is 0 Å². The molecule has 19 heavy (non-hydrogen) atoms. The van der Waals surface area contributed by atoms with Crippen LogP contribution in [0.25, 0.3) is 0 Å². The van der Waals surface area contributed by atoms with Crippen LogP contribution < -0.4 is 5.32 Å². The number of hydrogen-bond acceptors (Lipinski definition) is 3. The zero-order valence-corrected chi connectivity index (χ0v) is 12.7. The summed E-state index contributed by atoms with van der Waals surface area (Å²) in [5, 5.41) is 3.72. The monoisotopic (exact) mass is 261 g/mol. The van der Waals surface area contributed by atoms with Gasteiger partial charge in [0.25, 0.3) is 0 Å². The fraction of sp³-hybridized carbons (Fsp3) is 0.688. The van der Waals surface area contributed by atoms with Crippen molar-refractivity contribution < 1.29 is 0 Å². The lowest BCUT2D eigenvalue weighted by atomic mass is 10.0. The topological polar surface area (TPSA) is 28.2 Å². The largest absolute Gasteiger partial charge is 0.307 e. The van der Waals surface area contributed by atoms with E-state index < -0.39 is 0 Å². The number of pyridine rings is 1. The van der Waals surface area contributed by atoms with Crippen molar-refractivity contribution in [1.82, 2.24) is 15.2 Å². The van der Waals surface area contributed by atoms with Gasteiger partial charge in [-0.05, 0) is 50.9 Å². The molecule has 0 aromatic carbocycles. The van der Waals surface area contributed by atoms with Gasteiger partial charge in [0.05, 0.1) is 11.7 Å². The number of aromatic nitrogens is 1. The molecule has 1 aliphatic rings. The molecule has 1 N–H and O–H groups in total. The van der Waals surface area contributed by atoms with Crippen LogP contribution in [-0.2, 0) is 6.42 Å². The van der Waals surface area contributed by atoms with Crippen LogP contribution in [0.3, 0.4) is 0 Å². The van der Waals surface area contributed by atoms with E-state index in [1.54, 1.807) is 0 Å². The molecule has 0 radical (unpaired) electrons. The highest BCUT2D eigenvalue weighted by atomic mass is 15.1. The van der Waals surface area contributed by atoms with Crippen molar-refractivity contribution in [1.29, 1.82) is 0 Å². The lowest BCUT2D eigenvalue weighted by Crippen LogP contribution is -2.39. The summed E-state index contributed by atoms with van der Waals surface area (Å²) in [4.78, 5) is 6.88. The Morgan fingerprint density at radius 2 is 2.21 bits per heavy atom. The SMILES string of the molecule is CC(C)CC(CNC1CCc2cccnc21)N(C)C. The van der Waals surface area contributed by atoms with Gasteiger partial charge in [-0.1, -0.05) is 19.9 Å². The maximum atomic E-state index is 4.55. The van der Waals surface area contributed by atoms with E-state index in [0.29, 0.717) is 12.1 Å². The van der Waals surface area contributed by atoms with Gasteiger partial charge in [-0.25, -0.2) is 0 Å². The van der Waals surface area contributed by atoms with Crippen molar-refractivity contribution in [3.8, 4) is 0 Å². The molecule has 106 valence electrons. The first-order valence-corrected chi connectivity index (χ1v) is 7.41. The molecule has 1 aromatic heterocycles. The summed E-state index contributed by atoms with van der Waals surface area (Å²) in [5.41, 5.74) is 2.69. The Morgan fingerprint density at radius 3 is 2.89 bits per heavy atom. The van der Waals surface area contributed by atoms with Gasteiger partial charge in [0.2, 0.25) is 0 Å². The Morgan fingerprint density at radius 1 is 1.42 bits per heavy atom. The van der Waals surface area contributed by atoms with E-state index in [1.165, 1.54) is 24.1 Å². The van der Waals surface area contributed by atoms with Gasteiger partial charge in [-0.2, -0.15) is 0 Å². The first kappa shape index (κ1) is 14.5. The highest BCUT2D eigenvalue weighted by molar-refractivity contribution is 5.27. The minimum absolute atomic E-state index is 0.450. The molecule has 0 saturated carbocycles. The second-order valence-corrected chi connectivity index (χ2v) is 6.29. The highest BCUT2D eigenvalue weighted by Crippen LogP contribution is 2.28. The second kappa shape index (κ2) is 6.49. The van der Waals surface area contributed by atoms with E-state index in [-0.39, 0.29) is 0 Å². The molecule has 2 rings (SSSR count). The molecule has 0 spiro atoms. The smallest absolute Gasteiger partial charge is 0.0605 e. The Balaban J connectivity index is 1.92. The van der Waals surface area contributed by atoms with Crippen LogP contribution in [-0.4, -0.2) is 36.6 Å². The molecule has 0 fully saturated rings. The number of hydrogen-bond donors (Lipinski definition) is 1. The maximum absolute atomic E-state index is 4.55. The summed E-state index contributed by atoms with van der Waals surface area (Å²) in [6, 6.07) is 5.31. The zero-order valence-electron chi connectivity index (χ0n) is 12.7. The van der Waals surface area contributed by atoms with Crippen LogP contribution in [0.1, 0.15) is 44.0 Å². The lowest BCUT2D eigenvalue weighted by Gasteiger charge is -2.27. The molecule has 0 bridgehead atoms. The third-order valence-electron chi connectivity index (χ3n) is 4.03. The number of likely N-dealkylation sites (N-methyl/N-ethyl adjacent to an activating group) is 1. The van der Waals surface area contributed by atoms with Gasteiger partial charge in [0.1, 0.15) is 0 Å². The normalized spacial score (nSPS) is 20.0. The zero-order chi connectivity index (χ0) is 13.8. The van der Waals surface area contributed by atoms with Gasteiger partial charge in [-0.3, -0.25) is 4.98 Å². The molecule has 0 amide bonds. The number of fused-ring (bicyclic) bond motifs is 1. The summed E-state index contributed by atoms with van der Waals surface area (Å²) in [7, 11) is 4.35. The molecule has 1 aromatic rings. The van der Waals surface area contributed by atoms with Crippen LogP contribution in [0.5, 0.6) is 0 Å². The Labute approximate surface area is 117 Å². The number of nitrogens with one attached hydrogen (secondary N) is 1. The summed E-state index contributed by atoms with van der Waals surface area (Å²) in [6.45, 7) is 5.64. The minimum Gasteiger partial charge on any atom is -0.307 e. The third kappa shape index (κ3) is 3.77. The van der Waals surface area contributed by atoms with Crippen LogP contribution in [0.2, 0.25) is 0 Å². The van der Waals surface area contributed by atoms with Gasteiger partial charge in [-0.15, -0.1) is 0 Å². The molecule has 3 heteroatoms. The molecule has 1 heterocycles. The molecule has 3 nitrogen and oxygen atoms in total. The van der Waals surface area contributed by atoms with Gasteiger partial charge >= 0.3 is 0 Å². The van der Waals surface area contributed by atoms with Crippen LogP contribution >= 0.6 is 0 Å². The summed E-state index contributed by atoms with van der Waals surface area (Å²) < 4.78 is 0. The molecule has 2 atom stereocenters. The predicted octanol–water partition coefficient (Wildman–Crippen LogP) is 2.63. The fourth-order valence-corrected chi connectivity index (χ4v) is 2.91. The summed E-state index contributed by atoms with van der Waals surface area (Å²) in [5.74, 6) is 0.739. The molecule has 2 unspecified atom stereocenters. The van der Waals surface area contributed by atoms with Gasteiger partial charge in [0.15, 0.2) is 0 Å². The van der Waals surface area contributed by atoms with Crippen LogP contribution in [0.4, 0.5) is 0 Å². The van der Waals surface area contributed by atoms with E-state index in [4.69, 9.17) is 0 Å². The van der Waals surface area contributed by atoms with Crippen molar-refractivity contribution in [3.63, 3.8) is 0 Å². The number of nitrogens with zero attached hydrogens (tertiary/aromatic N) is 2. The minimum atomic E-state index is 0.450. The van der Waals surface area contributed by atoms with E-state index in [0.717, 1.165) is 18.9 Å². The molecule has 0 saturated heterocycles. The standard InChI is InChI=1S/C16H27N3/c1-12(2)10-14(19(3)4)11-18-15-8-7-13-6-5-9-17-16(13)15/h5-6,9,12,14-15,18H,7-8,10-11H2,1-4H3. The number of rotatable bonds is 6. The summed E-state index contributed by atoms with van der Waals surface area (Å²) in [6.07, 6.45) is 5.50. The van der Waals surface area contributed by atoms with Crippen LogP contribution in [0.15, 0.2) is 18.3 Å². The molecular formula is C16H27N3. The fourth-order valence-electron chi connectivity index (χ4n) is 2.91. The van der Waals surface area contributed by atoms with Crippen molar-refractivity contribution >= 4 is 0 Å².